The number of benzene rings is 3. The Kier molecular flexibility index (Phi) is 6.73. The smallest absolute Gasteiger partial charge is 0.171 e. The van der Waals surface area contributed by atoms with Crippen LogP contribution in [0.2, 0.25) is 20.1 Å². The van der Waals surface area contributed by atoms with E-state index in [1.54, 1.807) is 42.5 Å². The molecule has 3 nitrogen and oxygen atoms in total. The maximum atomic E-state index is 12.5. The first-order chi connectivity index (χ1) is 13.3. The minimum absolute atomic E-state index is 0.0435. The molecule has 0 amide bonds. The first kappa shape index (κ1) is 20.8. The van der Waals surface area contributed by atoms with Crippen molar-refractivity contribution in [2.45, 2.75) is 13.0 Å². The highest BCUT2D eigenvalue weighted by Gasteiger charge is 2.15. The van der Waals surface area contributed by atoms with E-state index in [2.05, 4.69) is 0 Å². The minimum atomic E-state index is -0.272. The van der Waals surface area contributed by atoms with Gasteiger partial charge in [-0.1, -0.05) is 52.5 Å². The predicted molar refractivity (Wildman–Crippen MR) is 113 cm³/mol. The Hall–Kier alpha value is -1.91. The molecule has 3 rings (SSSR count). The van der Waals surface area contributed by atoms with Crippen LogP contribution in [0.15, 0.2) is 54.6 Å². The van der Waals surface area contributed by atoms with Crippen LogP contribution in [0.3, 0.4) is 0 Å². The number of halogens is 4. The summed E-state index contributed by atoms with van der Waals surface area (Å²) in [7, 11) is 0. The molecule has 28 heavy (non-hydrogen) atoms. The number of ketones is 1. The van der Waals surface area contributed by atoms with E-state index < -0.39 is 0 Å². The fraction of sp³-hybridized carbons (Fsp3) is 0.0952. The molecule has 144 valence electrons. The lowest BCUT2D eigenvalue weighted by Crippen LogP contribution is -2.05. The van der Waals surface area contributed by atoms with E-state index in [4.69, 9.17) is 51.1 Å². The molecule has 0 heterocycles. The Bertz CT molecular complexity index is 1030. The fourth-order valence-corrected chi connectivity index (χ4v) is 3.43. The van der Waals surface area contributed by atoms with Gasteiger partial charge in [0.05, 0.1) is 5.56 Å². The second-order valence-electron chi connectivity index (χ2n) is 6.04. The van der Waals surface area contributed by atoms with E-state index in [1.165, 1.54) is 12.1 Å². The van der Waals surface area contributed by atoms with Gasteiger partial charge in [-0.15, -0.1) is 0 Å². The van der Waals surface area contributed by atoms with Crippen molar-refractivity contribution in [2.24, 2.45) is 0 Å². The normalized spacial score (nSPS) is 10.7. The lowest BCUT2D eigenvalue weighted by atomic mass is 10.0. The average molecular weight is 456 g/mol. The van der Waals surface area contributed by atoms with Gasteiger partial charge in [-0.25, -0.2) is 0 Å². The molecule has 0 atom stereocenters. The number of carbonyl (C=O) groups is 1. The Labute approximate surface area is 182 Å². The maximum Gasteiger partial charge on any atom is 0.171 e. The highest BCUT2D eigenvalue weighted by molar-refractivity contribution is 6.35. The molecule has 0 aliphatic heterocycles. The summed E-state index contributed by atoms with van der Waals surface area (Å²) in [6, 6.07) is 14.5. The number of phenols is 1. The predicted octanol–water partition coefficient (Wildman–Crippen LogP) is 7.01. The number of hydrogen-bond donors (Lipinski definition) is 1. The van der Waals surface area contributed by atoms with Gasteiger partial charge in [0.2, 0.25) is 0 Å². The van der Waals surface area contributed by atoms with Crippen molar-refractivity contribution >= 4 is 52.2 Å². The molecule has 0 spiro atoms. The zero-order valence-electron chi connectivity index (χ0n) is 14.4. The molecule has 0 radical (unpaired) electrons. The van der Waals surface area contributed by atoms with Crippen LogP contribution >= 0.6 is 46.4 Å². The molecule has 0 fully saturated rings. The number of hydrogen-bond acceptors (Lipinski definition) is 3. The third-order valence-corrected chi connectivity index (χ3v) is 5.23. The van der Waals surface area contributed by atoms with Crippen LogP contribution in [0.1, 0.15) is 21.5 Å². The van der Waals surface area contributed by atoms with Gasteiger partial charge >= 0.3 is 0 Å². The van der Waals surface area contributed by atoms with Crippen LogP contribution in [0.4, 0.5) is 0 Å². The topological polar surface area (TPSA) is 46.5 Å². The largest absolute Gasteiger partial charge is 0.507 e. The van der Waals surface area contributed by atoms with E-state index in [0.29, 0.717) is 37.0 Å². The summed E-state index contributed by atoms with van der Waals surface area (Å²) >= 11 is 24.0. The summed E-state index contributed by atoms with van der Waals surface area (Å²) in [6.45, 7) is 0.173. The zero-order valence-corrected chi connectivity index (χ0v) is 17.4. The number of ether oxygens (including phenoxy) is 1. The molecule has 0 aliphatic rings. The molecule has 0 aliphatic carbocycles. The number of rotatable bonds is 6. The molecule has 3 aromatic rings. The van der Waals surface area contributed by atoms with Gasteiger partial charge in [0.1, 0.15) is 18.1 Å². The summed E-state index contributed by atoms with van der Waals surface area (Å²) in [5.41, 5.74) is 1.52. The molecule has 7 heteroatoms. The monoisotopic (exact) mass is 454 g/mol. The highest BCUT2D eigenvalue weighted by Crippen LogP contribution is 2.28. The first-order valence-corrected chi connectivity index (χ1v) is 9.71. The zero-order chi connectivity index (χ0) is 20.3. The van der Waals surface area contributed by atoms with Crippen LogP contribution in [-0.2, 0) is 13.0 Å². The van der Waals surface area contributed by atoms with Crippen LogP contribution in [0.25, 0.3) is 0 Å². The lowest BCUT2D eigenvalue weighted by Gasteiger charge is -2.11. The van der Waals surface area contributed by atoms with Crippen LogP contribution in [0.5, 0.6) is 11.5 Å². The van der Waals surface area contributed by atoms with E-state index in [0.717, 1.165) is 0 Å². The molecular weight excluding hydrogens is 442 g/mol. The molecule has 0 aromatic heterocycles. The standard InChI is InChI=1S/C21H14Cl4O3/c22-14-3-6-18(24)13(7-14)11-28-16-4-5-17(21(27)10-16)20(26)8-12-1-2-15(23)9-19(12)25/h1-7,9-10,27H,8,11H2. The van der Waals surface area contributed by atoms with Crippen LogP contribution in [-0.4, -0.2) is 10.9 Å². The van der Waals surface area contributed by atoms with Crippen molar-refractivity contribution in [3.63, 3.8) is 0 Å². The van der Waals surface area contributed by atoms with Crippen LogP contribution < -0.4 is 4.74 Å². The van der Waals surface area contributed by atoms with Gasteiger partial charge in [0, 0.05) is 38.1 Å². The van der Waals surface area contributed by atoms with Gasteiger partial charge in [0.25, 0.3) is 0 Å². The molecule has 3 aromatic carbocycles. The summed E-state index contributed by atoms with van der Waals surface area (Å²) in [5, 5.41) is 12.2. The first-order valence-electron chi connectivity index (χ1n) is 8.20. The number of phenolic OH excluding ortho intramolecular Hbond substituents is 1. The molecule has 0 bridgehead atoms. The summed E-state index contributed by atoms with van der Waals surface area (Å²) in [4.78, 5) is 12.5. The second kappa shape index (κ2) is 9.06. The fourth-order valence-electron chi connectivity index (χ4n) is 2.59. The summed E-state index contributed by atoms with van der Waals surface area (Å²) < 4.78 is 5.64. The lowest BCUT2D eigenvalue weighted by molar-refractivity contribution is 0.0990. The molecular formula is C21H14Cl4O3. The molecule has 0 saturated heterocycles. The van der Waals surface area contributed by atoms with Gasteiger partial charge in [0.15, 0.2) is 5.78 Å². The van der Waals surface area contributed by atoms with Crippen molar-refractivity contribution < 1.29 is 14.6 Å². The van der Waals surface area contributed by atoms with Crippen molar-refractivity contribution in [1.82, 2.24) is 0 Å². The highest BCUT2D eigenvalue weighted by atomic mass is 35.5. The SMILES string of the molecule is O=C(Cc1ccc(Cl)cc1Cl)c1ccc(OCc2cc(Cl)ccc2Cl)cc1O. The Morgan fingerprint density at radius 3 is 2.25 bits per heavy atom. The summed E-state index contributed by atoms with van der Waals surface area (Å²) in [6.07, 6.45) is 0.0435. The van der Waals surface area contributed by atoms with Gasteiger partial charge in [-0.3, -0.25) is 4.79 Å². The van der Waals surface area contributed by atoms with E-state index >= 15 is 0 Å². The van der Waals surface area contributed by atoms with Crippen molar-refractivity contribution in [1.29, 1.82) is 0 Å². The Morgan fingerprint density at radius 1 is 0.821 bits per heavy atom. The van der Waals surface area contributed by atoms with E-state index in [1.807, 2.05) is 0 Å². The number of Topliss-reactive ketones (excluding diaryl/α,β-unsaturated/α-hetero) is 1. The van der Waals surface area contributed by atoms with Gasteiger partial charge in [-0.05, 0) is 48.0 Å². The van der Waals surface area contributed by atoms with Crippen molar-refractivity contribution in [3.8, 4) is 11.5 Å². The average Bonchev–Trinajstić information content (AvgIpc) is 2.64. The molecule has 0 saturated carbocycles. The Morgan fingerprint density at radius 2 is 1.54 bits per heavy atom. The van der Waals surface area contributed by atoms with Gasteiger partial charge in [-0.2, -0.15) is 0 Å². The van der Waals surface area contributed by atoms with Crippen molar-refractivity contribution in [3.05, 3.63) is 91.4 Å². The third-order valence-electron chi connectivity index (χ3n) is 4.04. The maximum absolute atomic E-state index is 12.5. The van der Waals surface area contributed by atoms with Crippen molar-refractivity contribution in [2.75, 3.05) is 0 Å². The van der Waals surface area contributed by atoms with E-state index in [9.17, 15) is 9.90 Å². The third kappa shape index (κ3) is 5.12. The number of carbonyl (C=O) groups excluding carboxylic acids is 1. The molecule has 1 N–H and O–H groups in total. The minimum Gasteiger partial charge on any atom is -0.507 e. The Balaban J connectivity index is 1.71. The van der Waals surface area contributed by atoms with Gasteiger partial charge < -0.3 is 9.84 Å². The second-order valence-corrected chi connectivity index (χ2v) is 7.73. The quantitative estimate of drug-likeness (QED) is 0.406. The molecule has 0 unspecified atom stereocenters. The van der Waals surface area contributed by atoms with Crippen LogP contribution in [0, 0.1) is 0 Å². The number of aromatic hydroxyl groups is 1. The van der Waals surface area contributed by atoms with E-state index in [-0.39, 0.29) is 30.1 Å². The summed E-state index contributed by atoms with van der Waals surface area (Å²) in [5.74, 6) is -0.0504.